The van der Waals surface area contributed by atoms with Crippen molar-refractivity contribution in [3.63, 3.8) is 0 Å². The van der Waals surface area contributed by atoms with E-state index in [1.807, 2.05) is 27.7 Å². The van der Waals surface area contributed by atoms with Crippen LogP contribution in [-0.4, -0.2) is 63.5 Å². The van der Waals surface area contributed by atoms with Crippen molar-refractivity contribution in [2.75, 3.05) is 6.54 Å². The number of hydrogen-bond acceptors (Lipinski definition) is 7. The van der Waals surface area contributed by atoms with E-state index in [2.05, 4.69) is 10.3 Å². The molecule has 2 aliphatic heterocycles. The maximum absolute atomic E-state index is 14.3. The number of carbonyl (C=O) groups excluding carboxylic acids is 3. The molecule has 0 radical (unpaired) electrons. The summed E-state index contributed by atoms with van der Waals surface area (Å²) in [5, 5.41) is 2.84. The highest BCUT2D eigenvalue weighted by Crippen LogP contribution is 2.37. The summed E-state index contributed by atoms with van der Waals surface area (Å²) in [6.45, 7) is 8.92. The molecule has 5 rings (SSSR count). The largest absolute Gasteiger partial charge is 0.471 e. The number of Topliss-reactive ketones (excluding diaryl/α,β-unsaturated/α-hetero) is 1. The van der Waals surface area contributed by atoms with E-state index in [9.17, 15) is 27.6 Å². The van der Waals surface area contributed by atoms with Gasteiger partial charge in [0, 0.05) is 5.92 Å². The Morgan fingerprint density at radius 3 is 2.36 bits per heavy atom. The molecule has 2 amide bonds. The number of ether oxygens (including phenoxy) is 2. The van der Waals surface area contributed by atoms with Crippen molar-refractivity contribution in [3.8, 4) is 5.88 Å². The first-order valence-corrected chi connectivity index (χ1v) is 17.0. The zero-order chi connectivity index (χ0) is 34.1. The van der Waals surface area contributed by atoms with Crippen molar-refractivity contribution >= 4 is 28.8 Å². The lowest BCUT2D eigenvalue weighted by Crippen LogP contribution is -2.57. The van der Waals surface area contributed by atoms with E-state index >= 15 is 0 Å². The maximum Gasteiger partial charge on any atom is 0.416 e. The summed E-state index contributed by atoms with van der Waals surface area (Å²) in [5.74, 6) is -0.675. The molecule has 0 spiro atoms. The van der Waals surface area contributed by atoms with Crippen LogP contribution in [0.4, 0.5) is 18.0 Å². The average Bonchev–Trinajstić information content (AvgIpc) is 3.59. The highest BCUT2D eigenvalue weighted by molar-refractivity contribution is 5.92. The van der Waals surface area contributed by atoms with Gasteiger partial charge < -0.3 is 19.7 Å². The number of benzene rings is 1. The van der Waals surface area contributed by atoms with Gasteiger partial charge >= 0.3 is 12.3 Å². The SMILES string of the molecule is CC[C@@H]1[C@@H]2CN(C(=O)[C@H](C(C)(C)C)NC(=O)O[C@@H]3CCC[C@H]3CCCCCCc3nc4ccc(C(F)(F)F)cc4nc3O2)[C@@H]1C(C)=O. The van der Waals surface area contributed by atoms with Gasteiger partial charge in [-0.2, -0.15) is 13.2 Å². The van der Waals surface area contributed by atoms with Crippen molar-refractivity contribution in [2.45, 2.75) is 129 Å². The van der Waals surface area contributed by atoms with Gasteiger partial charge in [-0.15, -0.1) is 0 Å². The minimum atomic E-state index is -4.55. The number of aromatic nitrogens is 2. The molecule has 1 aromatic heterocycles. The predicted molar refractivity (Wildman–Crippen MR) is 170 cm³/mol. The van der Waals surface area contributed by atoms with Crippen LogP contribution in [0.5, 0.6) is 5.88 Å². The third-order valence-electron chi connectivity index (χ3n) is 10.0. The second-order valence-electron chi connectivity index (χ2n) is 14.5. The van der Waals surface area contributed by atoms with E-state index in [1.54, 1.807) is 0 Å². The van der Waals surface area contributed by atoms with Gasteiger partial charge in [0.1, 0.15) is 23.9 Å². The van der Waals surface area contributed by atoms with E-state index in [0.717, 1.165) is 63.5 Å². The summed E-state index contributed by atoms with van der Waals surface area (Å²) in [6.07, 6.45) is 2.25. The topological polar surface area (TPSA) is 111 Å². The van der Waals surface area contributed by atoms with Crippen molar-refractivity contribution in [1.29, 1.82) is 0 Å². The Bertz CT molecular complexity index is 1480. The van der Waals surface area contributed by atoms with Gasteiger partial charge in [-0.05, 0) is 81.4 Å². The fraction of sp³-hybridized carbons (Fsp3) is 0.686. The van der Waals surface area contributed by atoms with E-state index < -0.39 is 53.3 Å². The molecule has 2 bridgehead atoms. The van der Waals surface area contributed by atoms with Gasteiger partial charge in [0.2, 0.25) is 11.8 Å². The van der Waals surface area contributed by atoms with Crippen LogP contribution in [-0.2, 0) is 26.9 Å². The summed E-state index contributed by atoms with van der Waals surface area (Å²) in [4.78, 5) is 51.5. The van der Waals surface area contributed by atoms with Gasteiger partial charge in [-0.1, -0.05) is 47.0 Å². The maximum atomic E-state index is 14.3. The van der Waals surface area contributed by atoms with E-state index in [4.69, 9.17) is 14.5 Å². The second-order valence-corrected chi connectivity index (χ2v) is 14.5. The van der Waals surface area contributed by atoms with Gasteiger partial charge in [-0.25, -0.2) is 14.8 Å². The zero-order valence-corrected chi connectivity index (χ0v) is 28.0. The Morgan fingerprint density at radius 1 is 0.957 bits per heavy atom. The zero-order valence-electron chi connectivity index (χ0n) is 28.0. The Labute approximate surface area is 274 Å². The Hall–Kier alpha value is -3.44. The van der Waals surface area contributed by atoms with E-state index in [0.29, 0.717) is 24.1 Å². The third kappa shape index (κ3) is 7.83. The first-order chi connectivity index (χ1) is 22.2. The number of hydrogen-bond donors (Lipinski definition) is 1. The Balaban J connectivity index is 1.54. The van der Waals surface area contributed by atoms with Crippen molar-refractivity contribution in [1.82, 2.24) is 20.2 Å². The summed E-state index contributed by atoms with van der Waals surface area (Å²) in [7, 11) is 0. The molecule has 1 N–H and O–H groups in total. The summed E-state index contributed by atoms with van der Waals surface area (Å²) < 4.78 is 53.1. The molecule has 12 heteroatoms. The van der Waals surface area contributed by atoms with Gasteiger partial charge in [0.25, 0.3) is 0 Å². The first-order valence-electron chi connectivity index (χ1n) is 17.0. The number of amides is 2. The fourth-order valence-corrected chi connectivity index (χ4v) is 7.53. The van der Waals surface area contributed by atoms with Gasteiger partial charge in [0.05, 0.1) is 29.2 Å². The molecule has 1 aromatic carbocycles. The number of nitrogens with zero attached hydrogens (tertiary/aromatic N) is 3. The van der Waals surface area contributed by atoms with Gasteiger partial charge in [-0.3, -0.25) is 9.59 Å². The van der Waals surface area contributed by atoms with Crippen LogP contribution in [0.2, 0.25) is 0 Å². The third-order valence-corrected chi connectivity index (χ3v) is 10.0. The molecule has 3 heterocycles. The molecule has 9 nitrogen and oxygen atoms in total. The number of alkyl halides is 3. The number of alkyl carbamates (subject to hydrolysis) is 1. The summed E-state index contributed by atoms with van der Waals surface area (Å²) in [6, 6.07) is 1.50. The lowest BCUT2D eigenvalue weighted by atomic mass is 9.85. The highest BCUT2D eigenvalue weighted by Gasteiger charge is 2.50. The quantitative estimate of drug-likeness (QED) is 0.368. The van der Waals surface area contributed by atoms with Crippen LogP contribution in [0.25, 0.3) is 11.0 Å². The minimum absolute atomic E-state index is 0.0390. The molecular weight excluding hydrogens is 613 g/mol. The van der Waals surface area contributed by atoms with Crippen molar-refractivity contribution in [3.05, 3.63) is 29.5 Å². The fourth-order valence-electron chi connectivity index (χ4n) is 7.53. The molecule has 1 saturated heterocycles. The van der Waals surface area contributed by atoms with Crippen LogP contribution < -0.4 is 10.1 Å². The Kier molecular flexibility index (Phi) is 10.4. The van der Waals surface area contributed by atoms with Crippen LogP contribution in [0, 0.1) is 17.3 Å². The first kappa shape index (κ1) is 34.9. The molecular formula is C35H47F3N4O5. The number of carbonyl (C=O) groups is 3. The summed E-state index contributed by atoms with van der Waals surface area (Å²) in [5.41, 5.74) is -0.607. The number of fused-ring (bicyclic) bond motifs is 5. The molecule has 47 heavy (non-hydrogen) atoms. The molecule has 258 valence electrons. The van der Waals surface area contributed by atoms with Gasteiger partial charge in [0.15, 0.2) is 5.78 Å². The molecule has 2 aromatic rings. The molecule has 2 fully saturated rings. The molecule has 3 aliphatic rings. The lowest BCUT2D eigenvalue weighted by molar-refractivity contribution is -0.141. The van der Waals surface area contributed by atoms with Crippen LogP contribution in [0.3, 0.4) is 0 Å². The summed E-state index contributed by atoms with van der Waals surface area (Å²) >= 11 is 0. The standard InChI is InChI=1S/C35H47F3N4O5/c1-6-23-28-19-42(29(23)20(2)43)32(44)30(34(3,4)5)41-33(45)47-27-15-11-13-21(27)12-9-7-8-10-14-25-31(46-28)40-26-18-22(35(36,37)38)16-17-24(26)39-25/h16-18,21,23,27-30H,6-15,19H2,1-5H3,(H,41,45)/t21-,23-,27-,28+,29-,30-/m1/s1. The smallest absolute Gasteiger partial charge is 0.416 e. The van der Waals surface area contributed by atoms with Crippen LogP contribution >= 0.6 is 0 Å². The van der Waals surface area contributed by atoms with Crippen LogP contribution in [0.1, 0.15) is 104 Å². The number of halogens is 3. The number of nitrogens with one attached hydrogen (secondary N) is 1. The number of ketones is 1. The average molecular weight is 661 g/mol. The minimum Gasteiger partial charge on any atom is -0.471 e. The predicted octanol–water partition coefficient (Wildman–Crippen LogP) is 7.04. The molecule has 1 aliphatic carbocycles. The normalized spacial score (nSPS) is 28.3. The van der Waals surface area contributed by atoms with E-state index in [1.165, 1.54) is 17.9 Å². The van der Waals surface area contributed by atoms with Crippen LogP contribution in [0.15, 0.2) is 18.2 Å². The lowest BCUT2D eigenvalue weighted by Gasteiger charge is -2.35. The monoisotopic (exact) mass is 660 g/mol. The second kappa shape index (κ2) is 14.0. The Morgan fingerprint density at radius 2 is 1.68 bits per heavy atom. The van der Waals surface area contributed by atoms with Crippen molar-refractivity contribution < 1.29 is 37.0 Å². The molecule has 0 unspecified atom stereocenters. The van der Waals surface area contributed by atoms with Crippen molar-refractivity contribution in [2.24, 2.45) is 17.3 Å². The molecule has 1 saturated carbocycles. The number of rotatable bonds is 2. The molecule has 6 atom stereocenters. The van der Waals surface area contributed by atoms with E-state index in [-0.39, 0.29) is 35.7 Å². The number of aryl methyl sites for hydroxylation is 1. The highest BCUT2D eigenvalue weighted by atomic mass is 19.4.